The van der Waals surface area contributed by atoms with Crippen LogP contribution >= 0.6 is 0 Å². The lowest BCUT2D eigenvalue weighted by atomic mass is 9.64. The number of nitriles is 1. The molecule has 1 atom stereocenters. The highest BCUT2D eigenvalue weighted by Crippen LogP contribution is 2.44. The Kier molecular flexibility index (Phi) is 3.69. The predicted molar refractivity (Wildman–Crippen MR) is 77.1 cm³/mol. The maximum Gasteiger partial charge on any atom is 0.0669 e. The maximum atomic E-state index is 9.57. The molecule has 2 rings (SSSR count). The number of nitrogens with zero attached hydrogens (tertiary/aromatic N) is 1. The van der Waals surface area contributed by atoms with E-state index >= 15 is 0 Å². The minimum Gasteiger partial charge on any atom is -0.379 e. The number of hydrogen-bond acceptors (Lipinski definition) is 2. The van der Waals surface area contributed by atoms with Crippen LogP contribution in [0.2, 0.25) is 0 Å². The molecule has 1 aromatic rings. The predicted octanol–water partition coefficient (Wildman–Crippen LogP) is 3.68. The van der Waals surface area contributed by atoms with E-state index in [2.05, 4.69) is 52.8 Å². The lowest BCUT2D eigenvalue weighted by Gasteiger charge is -2.47. The first-order valence-corrected chi connectivity index (χ1v) is 6.98. The summed E-state index contributed by atoms with van der Waals surface area (Å²) >= 11 is 0. The molecular weight excluding hydrogens is 234 g/mol. The third-order valence-corrected chi connectivity index (χ3v) is 4.50. The number of hydrogen-bond donors (Lipinski definition) is 0. The highest BCUT2D eigenvalue weighted by molar-refractivity contribution is 5.43. The van der Waals surface area contributed by atoms with Gasteiger partial charge < -0.3 is 4.74 Å². The Morgan fingerprint density at radius 1 is 1.11 bits per heavy atom. The van der Waals surface area contributed by atoms with Crippen molar-refractivity contribution in [3.63, 3.8) is 0 Å². The van der Waals surface area contributed by atoms with Gasteiger partial charge in [-0.25, -0.2) is 0 Å². The molecular formula is C17H23NO. The first kappa shape index (κ1) is 14.1. The molecule has 1 aliphatic rings. The van der Waals surface area contributed by atoms with Gasteiger partial charge in [-0.15, -0.1) is 0 Å². The molecule has 2 nitrogen and oxygen atoms in total. The van der Waals surface area contributed by atoms with Crippen molar-refractivity contribution in [1.29, 1.82) is 5.26 Å². The summed E-state index contributed by atoms with van der Waals surface area (Å²) in [4.78, 5) is 0. The molecule has 1 aliphatic heterocycles. The van der Waals surface area contributed by atoms with E-state index in [1.807, 2.05) is 0 Å². The largest absolute Gasteiger partial charge is 0.379 e. The Morgan fingerprint density at radius 2 is 1.68 bits per heavy atom. The van der Waals surface area contributed by atoms with Gasteiger partial charge in [-0.3, -0.25) is 0 Å². The smallest absolute Gasteiger partial charge is 0.0669 e. The van der Waals surface area contributed by atoms with E-state index in [0.717, 1.165) is 0 Å². The summed E-state index contributed by atoms with van der Waals surface area (Å²) in [5.74, 6) is 0.358. The second-order valence-electron chi connectivity index (χ2n) is 6.25. The fourth-order valence-corrected chi connectivity index (χ4v) is 3.23. The van der Waals surface area contributed by atoms with Crippen LogP contribution in [0.15, 0.2) is 12.1 Å². The SMILES string of the molecule is Cc1cc(C)c(C2(C(C#N)C(C)C)COC2)cc1C. The van der Waals surface area contributed by atoms with Crippen molar-refractivity contribution in [3.8, 4) is 6.07 Å². The molecule has 19 heavy (non-hydrogen) atoms. The Morgan fingerprint density at radius 3 is 2.11 bits per heavy atom. The van der Waals surface area contributed by atoms with Gasteiger partial charge in [-0.05, 0) is 48.9 Å². The van der Waals surface area contributed by atoms with Gasteiger partial charge in [0, 0.05) is 0 Å². The number of rotatable bonds is 3. The average Bonchev–Trinajstić information content (AvgIpc) is 2.28. The molecule has 0 spiro atoms. The number of aryl methyl sites for hydroxylation is 3. The molecule has 1 fully saturated rings. The third-order valence-electron chi connectivity index (χ3n) is 4.50. The van der Waals surface area contributed by atoms with Crippen molar-refractivity contribution in [3.05, 3.63) is 34.4 Å². The monoisotopic (exact) mass is 257 g/mol. The normalized spacial score (nSPS) is 18.8. The van der Waals surface area contributed by atoms with Gasteiger partial charge in [0.2, 0.25) is 0 Å². The Labute approximate surface area is 116 Å². The molecule has 1 aromatic carbocycles. The van der Waals surface area contributed by atoms with Gasteiger partial charge >= 0.3 is 0 Å². The van der Waals surface area contributed by atoms with Gasteiger partial charge in [0.05, 0.1) is 30.6 Å². The minimum atomic E-state index is -0.106. The van der Waals surface area contributed by atoms with Crippen molar-refractivity contribution >= 4 is 0 Å². The van der Waals surface area contributed by atoms with E-state index in [1.165, 1.54) is 22.3 Å². The van der Waals surface area contributed by atoms with Crippen LogP contribution in [-0.4, -0.2) is 13.2 Å². The summed E-state index contributed by atoms with van der Waals surface area (Å²) in [7, 11) is 0. The second-order valence-corrected chi connectivity index (χ2v) is 6.25. The molecule has 0 N–H and O–H groups in total. The molecule has 0 aromatic heterocycles. The average molecular weight is 257 g/mol. The summed E-state index contributed by atoms with van der Waals surface area (Å²) in [6, 6.07) is 7.02. The van der Waals surface area contributed by atoms with Crippen molar-refractivity contribution < 1.29 is 4.74 Å². The van der Waals surface area contributed by atoms with Gasteiger partial charge in [-0.2, -0.15) is 5.26 Å². The van der Waals surface area contributed by atoms with Crippen LogP contribution in [0.4, 0.5) is 0 Å². The first-order chi connectivity index (χ1) is 8.92. The molecule has 1 saturated heterocycles. The van der Waals surface area contributed by atoms with Crippen LogP contribution in [0.3, 0.4) is 0 Å². The van der Waals surface area contributed by atoms with E-state index in [1.54, 1.807) is 0 Å². The number of ether oxygens (including phenoxy) is 1. The summed E-state index contributed by atoms with van der Waals surface area (Å²) in [5, 5.41) is 9.57. The lowest BCUT2D eigenvalue weighted by molar-refractivity contribution is -0.0879. The summed E-state index contributed by atoms with van der Waals surface area (Å²) in [6.45, 7) is 12.0. The van der Waals surface area contributed by atoms with Crippen molar-refractivity contribution in [1.82, 2.24) is 0 Å². The molecule has 2 heteroatoms. The van der Waals surface area contributed by atoms with E-state index in [4.69, 9.17) is 4.74 Å². The summed E-state index contributed by atoms with van der Waals surface area (Å²) in [6.07, 6.45) is 0. The van der Waals surface area contributed by atoms with Crippen LogP contribution < -0.4 is 0 Å². The highest BCUT2D eigenvalue weighted by Gasteiger charge is 2.49. The fourth-order valence-electron chi connectivity index (χ4n) is 3.23. The topological polar surface area (TPSA) is 33.0 Å². The molecule has 0 bridgehead atoms. The summed E-state index contributed by atoms with van der Waals surface area (Å²) in [5.41, 5.74) is 5.10. The Hall–Kier alpha value is -1.33. The van der Waals surface area contributed by atoms with Gasteiger partial charge in [0.25, 0.3) is 0 Å². The van der Waals surface area contributed by atoms with Gasteiger partial charge in [-0.1, -0.05) is 26.0 Å². The van der Waals surface area contributed by atoms with E-state index in [-0.39, 0.29) is 11.3 Å². The van der Waals surface area contributed by atoms with Crippen LogP contribution in [0.5, 0.6) is 0 Å². The van der Waals surface area contributed by atoms with Gasteiger partial charge in [0.15, 0.2) is 0 Å². The fraction of sp³-hybridized carbons (Fsp3) is 0.588. The van der Waals surface area contributed by atoms with Crippen molar-refractivity contribution in [2.24, 2.45) is 11.8 Å². The Balaban J connectivity index is 2.54. The first-order valence-electron chi connectivity index (χ1n) is 6.98. The minimum absolute atomic E-state index is 0.0158. The molecule has 102 valence electrons. The quantitative estimate of drug-likeness (QED) is 0.827. The Bertz CT molecular complexity index is 521. The summed E-state index contributed by atoms with van der Waals surface area (Å²) < 4.78 is 5.50. The maximum absolute atomic E-state index is 9.57. The standard InChI is InChI=1S/C17H23NO/c1-11(2)16(8-18)17(9-19-10-17)15-7-13(4)12(3)6-14(15)5/h6-7,11,16H,9-10H2,1-5H3. The van der Waals surface area contributed by atoms with Gasteiger partial charge in [0.1, 0.15) is 0 Å². The van der Waals surface area contributed by atoms with Crippen LogP contribution in [0.1, 0.15) is 36.1 Å². The molecule has 1 heterocycles. The van der Waals surface area contributed by atoms with E-state index < -0.39 is 0 Å². The third kappa shape index (κ3) is 2.17. The van der Waals surface area contributed by atoms with E-state index in [9.17, 15) is 5.26 Å². The lowest BCUT2D eigenvalue weighted by Crippen LogP contribution is -2.54. The zero-order valence-electron chi connectivity index (χ0n) is 12.6. The zero-order valence-corrected chi connectivity index (χ0v) is 12.6. The van der Waals surface area contributed by atoms with Crippen molar-refractivity contribution in [2.45, 2.75) is 40.0 Å². The molecule has 1 unspecified atom stereocenters. The van der Waals surface area contributed by atoms with Crippen LogP contribution in [-0.2, 0) is 10.2 Å². The second kappa shape index (κ2) is 4.98. The van der Waals surface area contributed by atoms with Crippen LogP contribution in [0, 0.1) is 43.9 Å². The number of benzene rings is 1. The van der Waals surface area contributed by atoms with Crippen molar-refractivity contribution in [2.75, 3.05) is 13.2 Å². The van der Waals surface area contributed by atoms with E-state index in [0.29, 0.717) is 19.1 Å². The molecule has 0 aliphatic carbocycles. The molecule has 0 radical (unpaired) electrons. The van der Waals surface area contributed by atoms with Crippen LogP contribution in [0.25, 0.3) is 0 Å². The zero-order chi connectivity index (χ0) is 14.2. The molecule has 0 saturated carbocycles. The molecule has 0 amide bonds. The highest BCUT2D eigenvalue weighted by atomic mass is 16.5.